The normalized spacial score (nSPS) is 10.5. The molecule has 0 unspecified atom stereocenters. The molecule has 0 aliphatic carbocycles. The van der Waals surface area contributed by atoms with E-state index in [2.05, 4.69) is 0 Å². The Hall–Kier alpha value is -1.44. The molecule has 0 saturated carbocycles. The first-order valence-corrected chi connectivity index (χ1v) is 5.05. The second-order valence-corrected chi connectivity index (χ2v) is 3.88. The third kappa shape index (κ3) is 1.60. The van der Waals surface area contributed by atoms with Crippen LogP contribution in [0.15, 0.2) is 33.5 Å². The quantitative estimate of drug-likeness (QED) is 0.350. The Morgan fingerprint density at radius 3 is 2.67 bits per heavy atom. The first kappa shape index (κ1) is 10.1. The van der Waals surface area contributed by atoms with Crippen molar-refractivity contribution in [1.82, 2.24) is 0 Å². The van der Waals surface area contributed by atoms with Crippen LogP contribution in [0.25, 0.3) is 11.0 Å². The largest absolute Gasteiger partial charge is 0.418 e. The zero-order valence-corrected chi connectivity index (χ0v) is 9.43. The lowest BCUT2D eigenvalue weighted by atomic mass is 10.2. The van der Waals surface area contributed by atoms with Crippen molar-refractivity contribution in [3.05, 3.63) is 48.4 Å². The molecule has 15 heavy (non-hydrogen) atoms. The standard InChI is InChI=1S/C9H4INO4/c10-7-5-3-1-2-4-6(5)15-9(12)8(7)11(13)14/h1-4H. The van der Waals surface area contributed by atoms with E-state index in [9.17, 15) is 14.9 Å². The van der Waals surface area contributed by atoms with E-state index in [0.717, 1.165) is 0 Å². The van der Waals surface area contributed by atoms with Crippen LogP contribution in [0.3, 0.4) is 0 Å². The number of benzene rings is 1. The first-order chi connectivity index (χ1) is 7.11. The van der Waals surface area contributed by atoms with E-state index in [4.69, 9.17) is 4.42 Å². The highest BCUT2D eigenvalue weighted by Gasteiger charge is 2.22. The van der Waals surface area contributed by atoms with Gasteiger partial charge in [0.05, 0.1) is 4.92 Å². The minimum Gasteiger partial charge on any atom is -0.418 e. The van der Waals surface area contributed by atoms with E-state index in [-0.39, 0.29) is 0 Å². The van der Waals surface area contributed by atoms with Gasteiger partial charge in [-0.25, -0.2) is 4.79 Å². The fourth-order valence-corrected chi connectivity index (χ4v) is 2.12. The topological polar surface area (TPSA) is 73.3 Å². The molecule has 1 heterocycles. The predicted octanol–water partition coefficient (Wildman–Crippen LogP) is 2.31. The van der Waals surface area contributed by atoms with Gasteiger partial charge in [0.25, 0.3) is 0 Å². The molecule has 0 aliphatic heterocycles. The Balaban J connectivity index is 2.97. The molecular formula is C9H4INO4. The van der Waals surface area contributed by atoms with Gasteiger partial charge >= 0.3 is 11.3 Å². The lowest BCUT2D eigenvalue weighted by Gasteiger charge is -1.98. The zero-order valence-electron chi connectivity index (χ0n) is 7.27. The van der Waals surface area contributed by atoms with Gasteiger partial charge < -0.3 is 4.42 Å². The van der Waals surface area contributed by atoms with Gasteiger partial charge in [-0.3, -0.25) is 10.1 Å². The molecule has 0 aliphatic rings. The first-order valence-electron chi connectivity index (χ1n) is 3.97. The van der Waals surface area contributed by atoms with Crippen LogP contribution in [-0.4, -0.2) is 4.92 Å². The summed E-state index contributed by atoms with van der Waals surface area (Å²) in [4.78, 5) is 21.2. The summed E-state index contributed by atoms with van der Waals surface area (Å²) in [7, 11) is 0. The van der Waals surface area contributed by atoms with Crippen molar-refractivity contribution in [2.75, 3.05) is 0 Å². The van der Waals surface area contributed by atoms with Crippen molar-refractivity contribution in [2.45, 2.75) is 0 Å². The Kier molecular flexibility index (Phi) is 2.43. The molecule has 0 spiro atoms. The Morgan fingerprint density at radius 2 is 2.00 bits per heavy atom. The summed E-state index contributed by atoms with van der Waals surface area (Å²) in [5.41, 5.74) is -1.06. The number of rotatable bonds is 1. The SMILES string of the molecule is O=c1oc2ccccc2c(I)c1[N+](=O)[O-]. The molecule has 6 heteroatoms. The summed E-state index contributed by atoms with van der Waals surface area (Å²) < 4.78 is 5.14. The van der Waals surface area contributed by atoms with Crippen molar-refractivity contribution in [3.8, 4) is 0 Å². The molecule has 5 nitrogen and oxygen atoms in total. The molecule has 2 rings (SSSR count). The lowest BCUT2D eigenvalue weighted by molar-refractivity contribution is -0.388. The maximum absolute atomic E-state index is 11.3. The van der Waals surface area contributed by atoms with Gasteiger partial charge in [0.1, 0.15) is 9.15 Å². The molecule has 0 N–H and O–H groups in total. The predicted molar refractivity (Wildman–Crippen MR) is 61.9 cm³/mol. The molecule has 1 aromatic carbocycles. The third-order valence-corrected chi connectivity index (χ3v) is 3.00. The van der Waals surface area contributed by atoms with Crippen LogP contribution in [-0.2, 0) is 0 Å². The molecule has 0 atom stereocenters. The number of fused-ring (bicyclic) bond motifs is 1. The Labute approximate surface area is 97.0 Å². The van der Waals surface area contributed by atoms with Gasteiger partial charge in [-0.2, -0.15) is 0 Å². The number of hydrogen-bond acceptors (Lipinski definition) is 4. The highest BCUT2D eigenvalue weighted by molar-refractivity contribution is 14.1. The van der Waals surface area contributed by atoms with E-state index in [1.54, 1.807) is 46.9 Å². The van der Waals surface area contributed by atoms with Gasteiger partial charge in [0.2, 0.25) is 0 Å². The highest BCUT2D eigenvalue weighted by atomic mass is 127. The smallest absolute Gasteiger partial charge is 0.416 e. The molecule has 0 fully saturated rings. The number of halogens is 1. The van der Waals surface area contributed by atoms with Crippen LogP contribution in [0.4, 0.5) is 5.69 Å². The van der Waals surface area contributed by atoms with Crippen molar-refractivity contribution in [3.63, 3.8) is 0 Å². The maximum Gasteiger partial charge on any atom is 0.416 e. The third-order valence-electron chi connectivity index (χ3n) is 1.91. The number of para-hydroxylation sites is 1. The fourth-order valence-electron chi connectivity index (χ4n) is 1.26. The zero-order chi connectivity index (χ0) is 11.0. The van der Waals surface area contributed by atoms with Crippen molar-refractivity contribution >= 4 is 39.2 Å². The van der Waals surface area contributed by atoms with Gasteiger partial charge in [-0.05, 0) is 34.7 Å². The van der Waals surface area contributed by atoms with Crippen LogP contribution >= 0.6 is 22.6 Å². The molecule has 0 saturated heterocycles. The van der Waals surface area contributed by atoms with Crippen LogP contribution in [0.1, 0.15) is 0 Å². The summed E-state index contributed by atoms with van der Waals surface area (Å²) in [5, 5.41) is 11.2. The summed E-state index contributed by atoms with van der Waals surface area (Å²) in [5.74, 6) is 0. The van der Waals surface area contributed by atoms with E-state index in [1.165, 1.54) is 0 Å². The van der Waals surface area contributed by atoms with E-state index < -0.39 is 16.2 Å². The second kappa shape index (κ2) is 3.61. The molecule has 0 amide bonds. The average molecular weight is 317 g/mol. The maximum atomic E-state index is 11.3. The van der Waals surface area contributed by atoms with E-state index in [1.807, 2.05) is 0 Å². The van der Waals surface area contributed by atoms with Crippen LogP contribution in [0, 0.1) is 13.7 Å². The minimum absolute atomic E-state index is 0.310. The van der Waals surface area contributed by atoms with Gasteiger partial charge in [0, 0.05) is 5.39 Å². The minimum atomic E-state index is -0.914. The summed E-state index contributed by atoms with van der Waals surface area (Å²) in [6.07, 6.45) is 0. The number of nitrogens with zero attached hydrogens (tertiary/aromatic N) is 1. The Bertz CT molecular complexity index is 605. The van der Waals surface area contributed by atoms with E-state index >= 15 is 0 Å². The highest BCUT2D eigenvalue weighted by Crippen LogP contribution is 2.25. The van der Waals surface area contributed by atoms with Gasteiger partial charge in [0.15, 0.2) is 0 Å². The molecule has 76 valence electrons. The second-order valence-electron chi connectivity index (χ2n) is 2.81. The van der Waals surface area contributed by atoms with Crippen LogP contribution in [0.5, 0.6) is 0 Å². The number of nitro groups is 1. The summed E-state index contributed by atoms with van der Waals surface area (Å²) in [6, 6.07) is 6.71. The monoisotopic (exact) mass is 317 g/mol. The van der Waals surface area contributed by atoms with Gasteiger partial charge in [-0.15, -0.1) is 0 Å². The molecule has 1 aromatic heterocycles. The molecule has 0 bridgehead atoms. The van der Waals surface area contributed by atoms with Crippen LogP contribution in [0.2, 0.25) is 0 Å². The molecule has 0 radical (unpaired) electrons. The summed E-state index contributed by atoms with van der Waals surface area (Å²) >= 11 is 1.78. The number of hydrogen-bond donors (Lipinski definition) is 0. The fraction of sp³-hybridized carbons (Fsp3) is 0. The summed E-state index contributed by atoms with van der Waals surface area (Å²) in [6.45, 7) is 0. The molecule has 2 aromatic rings. The van der Waals surface area contributed by atoms with Crippen molar-refractivity contribution < 1.29 is 9.34 Å². The lowest BCUT2D eigenvalue weighted by Crippen LogP contribution is -2.08. The van der Waals surface area contributed by atoms with Crippen molar-refractivity contribution in [2.24, 2.45) is 0 Å². The van der Waals surface area contributed by atoms with Gasteiger partial charge in [-0.1, -0.05) is 12.1 Å². The molecular weight excluding hydrogens is 313 g/mol. The van der Waals surface area contributed by atoms with Crippen LogP contribution < -0.4 is 5.63 Å². The Morgan fingerprint density at radius 1 is 1.33 bits per heavy atom. The van der Waals surface area contributed by atoms with E-state index in [0.29, 0.717) is 14.5 Å². The van der Waals surface area contributed by atoms with Crippen molar-refractivity contribution in [1.29, 1.82) is 0 Å². The average Bonchev–Trinajstić information content (AvgIpc) is 2.17.